The number of fused-ring (bicyclic) bond motifs is 6. The summed E-state index contributed by atoms with van der Waals surface area (Å²) in [5.41, 5.74) is 4.59. The Morgan fingerprint density at radius 2 is 1.26 bits per heavy atom. The molecule has 0 bridgehead atoms. The summed E-state index contributed by atoms with van der Waals surface area (Å²) in [6.07, 6.45) is -0.967. The van der Waals surface area contributed by atoms with Gasteiger partial charge >= 0.3 is 12.2 Å². The van der Waals surface area contributed by atoms with Crippen LogP contribution in [0.1, 0.15) is 44.5 Å². The Hall–Kier alpha value is -3.74. The number of hydrogen-bond donors (Lipinski definition) is 2. The molecule has 7 heteroatoms. The standard InChI is InChI=1S/C27H31N3O4/c1-16(2)28-26(31)33-14-22-18(5)30-24-13-9-8-11-20(24)19-10-6-7-12-21(19)25(30)23(22)15-34-27(32)29-17(3)4/h6-13,16-17H,14-15H2,1-5H3,(H,28,31)(H,29,32). The van der Waals surface area contributed by atoms with E-state index in [0.717, 1.165) is 44.0 Å². The minimum absolute atomic E-state index is 0.0304. The van der Waals surface area contributed by atoms with Gasteiger partial charge in [-0.15, -0.1) is 0 Å². The average Bonchev–Trinajstić information content (AvgIpc) is 3.07. The van der Waals surface area contributed by atoms with Crippen molar-refractivity contribution < 1.29 is 19.1 Å². The molecule has 2 aromatic heterocycles. The Morgan fingerprint density at radius 3 is 1.85 bits per heavy atom. The van der Waals surface area contributed by atoms with Crippen LogP contribution in [0.15, 0.2) is 48.5 Å². The quantitative estimate of drug-likeness (QED) is 0.354. The first kappa shape index (κ1) is 23.4. The molecule has 0 spiro atoms. The summed E-state index contributed by atoms with van der Waals surface area (Å²) in [6.45, 7) is 9.65. The van der Waals surface area contributed by atoms with Crippen molar-refractivity contribution in [3.63, 3.8) is 0 Å². The molecule has 34 heavy (non-hydrogen) atoms. The Bertz CT molecular complexity index is 1370. The normalized spacial score (nSPS) is 11.5. The lowest BCUT2D eigenvalue weighted by Gasteiger charge is -2.13. The third-order valence-corrected chi connectivity index (χ3v) is 5.77. The van der Waals surface area contributed by atoms with Crippen LogP contribution in [-0.2, 0) is 22.7 Å². The maximum absolute atomic E-state index is 12.3. The zero-order valence-electron chi connectivity index (χ0n) is 20.3. The Kier molecular flexibility index (Phi) is 6.63. The zero-order valence-corrected chi connectivity index (χ0v) is 20.3. The van der Waals surface area contributed by atoms with Gasteiger partial charge < -0.3 is 24.5 Å². The van der Waals surface area contributed by atoms with Gasteiger partial charge in [0.25, 0.3) is 0 Å². The van der Waals surface area contributed by atoms with Gasteiger partial charge in [0.05, 0.1) is 11.0 Å². The molecular weight excluding hydrogens is 430 g/mol. The molecule has 2 heterocycles. The fourth-order valence-corrected chi connectivity index (χ4v) is 4.38. The number of nitrogens with zero attached hydrogens (tertiary/aromatic N) is 1. The number of aryl methyl sites for hydroxylation is 1. The van der Waals surface area contributed by atoms with Crippen molar-refractivity contribution >= 4 is 39.4 Å². The molecule has 0 saturated carbocycles. The molecular formula is C27H31N3O4. The summed E-state index contributed by atoms with van der Waals surface area (Å²) in [4.78, 5) is 24.6. The molecule has 0 radical (unpaired) electrons. The molecule has 4 aromatic rings. The van der Waals surface area contributed by atoms with Crippen molar-refractivity contribution in [3.8, 4) is 0 Å². The lowest BCUT2D eigenvalue weighted by Crippen LogP contribution is -2.31. The highest BCUT2D eigenvalue weighted by Crippen LogP contribution is 2.36. The second-order valence-electron chi connectivity index (χ2n) is 9.04. The highest BCUT2D eigenvalue weighted by molar-refractivity contribution is 6.13. The van der Waals surface area contributed by atoms with E-state index in [1.54, 1.807) is 0 Å². The topological polar surface area (TPSA) is 81.1 Å². The Morgan fingerprint density at radius 1 is 0.765 bits per heavy atom. The van der Waals surface area contributed by atoms with Gasteiger partial charge in [0.2, 0.25) is 0 Å². The molecule has 2 amide bonds. The lowest BCUT2D eigenvalue weighted by atomic mass is 10.0. The third kappa shape index (κ3) is 4.51. The minimum atomic E-state index is -0.485. The predicted molar refractivity (Wildman–Crippen MR) is 134 cm³/mol. The van der Waals surface area contributed by atoms with Crippen LogP contribution in [0, 0.1) is 6.92 Å². The second kappa shape index (κ2) is 9.63. The van der Waals surface area contributed by atoms with Crippen molar-refractivity contribution in [2.75, 3.05) is 0 Å². The molecule has 7 nitrogen and oxygen atoms in total. The molecule has 0 atom stereocenters. The van der Waals surface area contributed by atoms with Crippen LogP contribution in [-0.4, -0.2) is 28.7 Å². The third-order valence-electron chi connectivity index (χ3n) is 5.77. The minimum Gasteiger partial charge on any atom is -0.445 e. The van der Waals surface area contributed by atoms with Gasteiger partial charge in [-0.2, -0.15) is 0 Å². The molecule has 2 N–H and O–H groups in total. The maximum Gasteiger partial charge on any atom is 0.407 e. The molecule has 0 fully saturated rings. The van der Waals surface area contributed by atoms with Crippen LogP contribution >= 0.6 is 0 Å². The summed E-state index contributed by atoms with van der Waals surface area (Å²) in [7, 11) is 0. The molecule has 2 aromatic carbocycles. The number of aromatic nitrogens is 1. The first-order valence-corrected chi connectivity index (χ1v) is 11.6. The summed E-state index contributed by atoms with van der Waals surface area (Å²) in [5, 5.41) is 8.80. The SMILES string of the molecule is Cc1c(COC(=O)NC(C)C)c(COC(=O)NC(C)C)c2c3ccccc3c3ccccc3n12. The van der Waals surface area contributed by atoms with E-state index >= 15 is 0 Å². The summed E-state index contributed by atoms with van der Waals surface area (Å²) < 4.78 is 13.4. The number of pyridine rings is 1. The number of amides is 2. The zero-order chi connectivity index (χ0) is 24.4. The fraction of sp³-hybridized carbons (Fsp3) is 0.333. The van der Waals surface area contributed by atoms with Gasteiger partial charge in [-0.25, -0.2) is 9.59 Å². The molecule has 178 valence electrons. The van der Waals surface area contributed by atoms with Crippen LogP contribution in [0.25, 0.3) is 27.2 Å². The van der Waals surface area contributed by atoms with E-state index in [1.807, 2.05) is 58.9 Å². The molecule has 0 unspecified atom stereocenters. The Labute approximate surface area is 199 Å². The molecule has 0 aliphatic rings. The van der Waals surface area contributed by atoms with Gasteiger partial charge in [0.1, 0.15) is 13.2 Å². The summed E-state index contributed by atoms with van der Waals surface area (Å²) in [5.74, 6) is 0. The largest absolute Gasteiger partial charge is 0.445 e. The van der Waals surface area contributed by atoms with Crippen LogP contribution < -0.4 is 10.6 Å². The summed E-state index contributed by atoms with van der Waals surface area (Å²) >= 11 is 0. The average molecular weight is 462 g/mol. The highest BCUT2D eigenvalue weighted by atomic mass is 16.6. The van der Waals surface area contributed by atoms with E-state index in [2.05, 4.69) is 39.3 Å². The second-order valence-corrected chi connectivity index (χ2v) is 9.04. The summed E-state index contributed by atoms with van der Waals surface area (Å²) in [6, 6.07) is 16.4. The van der Waals surface area contributed by atoms with Gasteiger partial charge in [-0.3, -0.25) is 0 Å². The van der Waals surface area contributed by atoms with Gasteiger partial charge in [-0.1, -0.05) is 42.5 Å². The number of para-hydroxylation sites is 1. The first-order valence-electron chi connectivity index (χ1n) is 11.6. The van der Waals surface area contributed by atoms with Gasteiger partial charge in [0.15, 0.2) is 0 Å². The number of ether oxygens (including phenoxy) is 2. The van der Waals surface area contributed by atoms with E-state index in [4.69, 9.17) is 9.47 Å². The molecule has 4 rings (SSSR count). The molecule has 0 aliphatic heterocycles. The van der Waals surface area contributed by atoms with Crippen LogP contribution in [0.3, 0.4) is 0 Å². The molecule has 0 aliphatic carbocycles. The Balaban J connectivity index is 1.90. The number of carbonyl (C=O) groups is 2. The molecule has 0 saturated heterocycles. The van der Waals surface area contributed by atoms with Crippen LogP contribution in [0.2, 0.25) is 0 Å². The van der Waals surface area contributed by atoms with Gasteiger partial charge in [-0.05, 0) is 46.1 Å². The van der Waals surface area contributed by atoms with Crippen molar-refractivity contribution in [3.05, 3.63) is 65.4 Å². The number of benzene rings is 2. The number of alkyl carbamates (subject to hydrolysis) is 2. The number of rotatable bonds is 6. The fourth-order valence-electron chi connectivity index (χ4n) is 4.38. The number of carbonyl (C=O) groups excluding carboxylic acids is 2. The lowest BCUT2D eigenvalue weighted by molar-refractivity contribution is 0.129. The van der Waals surface area contributed by atoms with Gasteiger partial charge in [0, 0.05) is 39.7 Å². The van der Waals surface area contributed by atoms with Crippen molar-refractivity contribution in [2.45, 2.75) is 59.9 Å². The van der Waals surface area contributed by atoms with E-state index in [0.29, 0.717) is 0 Å². The first-order chi connectivity index (χ1) is 16.3. The number of hydrogen-bond acceptors (Lipinski definition) is 4. The predicted octanol–water partition coefficient (Wildman–Crippen LogP) is 5.82. The van der Waals surface area contributed by atoms with Crippen molar-refractivity contribution in [1.82, 2.24) is 15.0 Å². The van der Waals surface area contributed by atoms with E-state index in [9.17, 15) is 9.59 Å². The van der Waals surface area contributed by atoms with E-state index in [-0.39, 0.29) is 25.3 Å². The van der Waals surface area contributed by atoms with Crippen LogP contribution in [0.4, 0.5) is 9.59 Å². The van der Waals surface area contributed by atoms with Crippen molar-refractivity contribution in [2.24, 2.45) is 0 Å². The van der Waals surface area contributed by atoms with Crippen molar-refractivity contribution in [1.29, 1.82) is 0 Å². The van der Waals surface area contributed by atoms with Crippen LogP contribution in [0.5, 0.6) is 0 Å². The smallest absolute Gasteiger partial charge is 0.407 e. The van der Waals surface area contributed by atoms with E-state index in [1.165, 1.54) is 0 Å². The monoisotopic (exact) mass is 461 g/mol. The maximum atomic E-state index is 12.3. The number of nitrogens with one attached hydrogen (secondary N) is 2. The van der Waals surface area contributed by atoms with E-state index < -0.39 is 12.2 Å². The highest BCUT2D eigenvalue weighted by Gasteiger charge is 2.22.